The standard InChI is InChI=1S/C19H21N3O/c23-14-16-8-10-18(11-9-16)22-19-20-12-17(13-21-19)7-6-15-4-2-1-3-5-15/h1-5,12-13,16,18,23H,8-11,14H2,(H,20,21,22)/t16-,18-. The lowest BCUT2D eigenvalue weighted by molar-refractivity contribution is 0.185. The Morgan fingerprint density at radius 3 is 2.26 bits per heavy atom. The molecule has 0 saturated heterocycles. The zero-order chi connectivity index (χ0) is 15.9. The number of hydrogen-bond donors (Lipinski definition) is 2. The third-order valence-electron chi connectivity index (χ3n) is 4.21. The molecule has 23 heavy (non-hydrogen) atoms. The minimum atomic E-state index is 0.304. The van der Waals surface area contributed by atoms with Crippen LogP contribution in [0.25, 0.3) is 0 Å². The molecular formula is C19H21N3O. The molecule has 0 aliphatic heterocycles. The lowest BCUT2D eigenvalue weighted by atomic mass is 9.87. The van der Waals surface area contributed by atoms with Crippen molar-refractivity contribution in [1.29, 1.82) is 0 Å². The van der Waals surface area contributed by atoms with E-state index in [9.17, 15) is 5.11 Å². The number of aliphatic hydroxyl groups excluding tert-OH is 1. The lowest BCUT2D eigenvalue weighted by Crippen LogP contribution is -2.28. The highest BCUT2D eigenvalue weighted by molar-refractivity contribution is 5.42. The molecule has 1 aromatic carbocycles. The summed E-state index contributed by atoms with van der Waals surface area (Å²) in [7, 11) is 0. The maximum Gasteiger partial charge on any atom is 0.222 e. The summed E-state index contributed by atoms with van der Waals surface area (Å²) in [4.78, 5) is 8.70. The highest BCUT2D eigenvalue weighted by Gasteiger charge is 2.20. The predicted octanol–water partition coefficient (Wildman–Crippen LogP) is 2.84. The molecule has 3 rings (SSSR count). The van der Waals surface area contributed by atoms with Gasteiger partial charge in [0.1, 0.15) is 0 Å². The summed E-state index contributed by atoms with van der Waals surface area (Å²) in [6, 6.07) is 10.3. The van der Waals surface area contributed by atoms with Crippen LogP contribution in [0.4, 0.5) is 5.95 Å². The number of hydrogen-bond acceptors (Lipinski definition) is 4. The van der Waals surface area contributed by atoms with Crippen LogP contribution in [-0.2, 0) is 0 Å². The van der Waals surface area contributed by atoms with Gasteiger partial charge in [0, 0.05) is 30.6 Å². The summed E-state index contributed by atoms with van der Waals surface area (Å²) < 4.78 is 0. The summed E-state index contributed by atoms with van der Waals surface area (Å²) >= 11 is 0. The van der Waals surface area contributed by atoms with Gasteiger partial charge in [-0.25, -0.2) is 9.97 Å². The van der Waals surface area contributed by atoms with Crippen LogP contribution >= 0.6 is 0 Å². The third kappa shape index (κ3) is 4.54. The van der Waals surface area contributed by atoms with Crippen LogP contribution in [0.3, 0.4) is 0 Å². The van der Waals surface area contributed by atoms with Gasteiger partial charge in [-0.15, -0.1) is 0 Å². The number of rotatable bonds is 3. The van der Waals surface area contributed by atoms with Crippen molar-refractivity contribution in [2.45, 2.75) is 31.7 Å². The van der Waals surface area contributed by atoms with Crippen molar-refractivity contribution in [2.75, 3.05) is 11.9 Å². The fourth-order valence-electron chi connectivity index (χ4n) is 2.80. The number of nitrogens with one attached hydrogen (secondary N) is 1. The Kier molecular flexibility index (Phi) is 5.23. The highest BCUT2D eigenvalue weighted by Crippen LogP contribution is 2.25. The van der Waals surface area contributed by atoms with Crippen molar-refractivity contribution in [2.24, 2.45) is 5.92 Å². The van der Waals surface area contributed by atoms with Gasteiger partial charge >= 0.3 is 0 Å². The molecule has 1 heterocycles. The number of aliphatic hydroxyl groups is 1. The topological polar surface area (TPSA) is 58.0 Å². The van der Waals surface area contributed by atoms with Gasteiger partial charge in [0.25, 0.3) is 0 Å². The van der Waals surface area contributed by atoms with E-state index in [-0.39, 0.29) is 0 Å². The first-order chi connectivity index (χ1) is 11.3. The molecule has 0 unspecified atom stereocenters. The zero-order valence-corrected chi connectivity index (χ0v) is 13.1. The third-order valence-corrected chi connectivity index (χ3v) is 4.21. The maximum atomic E-state index is 9.17. The monoisotopic (exact) mass is 307 g/mol. The van der Waals surface area contributed by atoms with Crippen LogP contribution < -0.4 is 5.32 Å². The Hall–Kier alpha value is -2.38. The normalized spacial score (nSPS) is 20.4. The van der Waals surface area contributed by atoms with Gasteiger partial charge in [0.05, 0.1) is 5.56 Å². The minimum absolute atomic E-state index is 0.304. The van der Waals surface area contributed by atoms with Crippen LogP contribution in [-0.4, -0.2) is 27.7 Å². The van der Waals surface area contributed by atoms with E-state index < -0.39 is 0 Å². The number of aromatic nitrogens is 2. The SMILES string of the molecule is OC[C@H]1CC[C@H](Nc2ncc(C#Cc3ccccc3)cn2)CC1. The number of nitrogens with zero attached hydrogens (tertiary/aromatic N) is 2. The second-order valence-electron chi connectivity index (χ2n) is 5.96. The molecule has 0 radical (unpaired) electrons. The average Bonchev–Trinajstić information content (AvgIpc) is 2.63. The minimum Gasteiger partial charge on any atom is -0.396 e. The molecule has 1 saturated carbocycles. The first-order valence-corrected chi connectivity index (χ1v) is 8.10. The molecule has 1 aromatic heterocycles. The van der Waals surface area contributed by atoms with E-state index in [1.54, 1.807) is 12.4 Å². The molecule has 2 N–H and O–H groups in total. The maximum absolute atomic E-state index is 9.17. The highest BCUT2D eigenvalue weighted by atomic mass is 16.3. The van der Waals surface area contributed by atoms with Crippen molar-refractivity contribution < 1.29 is 5.11 Å². The first kappa shape index (κ1) is 15.5. The largest absolute Gasteiger partial charge is 0.396 e. The van der Waals surface area contributed by atoms with Crippen LogP contribution in [0.15, 0.2) is 42.7 Å². The molecule has 1 fully saturated rings. The van der Waals surface area contributed by atoms with Crippen LogP contribution in [0.5, 0.6) is 0 Å². The Labute approximate surface area is 137 Å². The number of anilines is 1. The van der Waals surface area contributed by atoms with Crippen LogP contribution in [0, 0.1) is 17.8 Å². The summed E-state index contributed by atoms with van der Waals surface area (Å²) in [5.41, 5.74) is 1.79. The second-order valence-corrected chi connectivity index (χ2v) is 5.96. The smallest absolute Gasteiger partial charge is 0.222 e. The quantitative estimate of drug-likeness (QED) is 0.856. The van der Waals surface area contributed by atoms with E-state index in [2.05, 4.69) is 27.1 Å². The van der Waals surface area contributed by atoms with Gasteiger partial charge < -0.3 is 10.4 Å². The van der Waals surface area contributed by atoms with Gasteiger partial charge in [-0.1, -0.05) is 30.0 Å². The molecule has 1 aliphatic carbocycles. The Morgan fingerprint density at radius 2 is 1.61 bits per heavy atom. The van der Waals surface area contributed by atoms with Crippen molar-refractivity contribution in [3.63, 3.8) is 0 Å². The molecule has 2 aromatic rings. The lowest BCUT2D eigenvalue weighted by Gasteiger charge is -2.27. The summed E-state index contributed by atoms with van der Waals surface area (Å²) in [6.07, 6.45) is 7.76. The molecular weight excluding hydrogens is 286 g/mol. The summed E-state index contributed by atoms with van der Waals surface area (Å²) in [5.74, 6) is 7.29. The zero-order valence-electron chi connectivity index (χ0n) is 13.1. The summed E-state index contributed by atoms with van der Waals surface area (Å²) in [6.45, 7) is 0.304. The first-order valence-electron chi connectivity index (χ1n) is 8.10. The van der Waals surface area contributed by atoms with E-state index in [1.165, 1.54) is 0 Å². The van der Waals surface area contributed by atoms with E-state index in [4.69, 9.17) is 0 Å². The van der Waals surface area contributed by atoms with E-state index in [0.717, 1.165) is 36.8 Å². The van der Waals surface area contributed by atoms with E-state index in [0.29, 0.717) is 24.5 Å². The van der Waals surface area contributed by atoms with E-state index >= 15 is 0 Å². The van der Waals surface area contributed by atoms with Gasteiger partial charge in [-0.2, -0.15) is 0 Å². The fourth-order valence-corrected chi connectivity index (χ4v) is 2.80. The molecule has 0 bridgehead atoms. The average molecular weight is 307 g/mol. The second kappa shape index (κ2) is 7.75. The van der Waals surface area contributed by atoms with Gasteiger partial charge in [-0.3, -0.25) is 0 Å². The fraction of sp³-hybridized carbons (Fsp3) is 0.368. The van der Waals surface area contributed by atoms with Crippen molar-refractivity contribution in [1.82, 2.24) is 9.97 Å². The summed E-state index contributed by atoms with van der Waals surface area (Å²) in [5, 5.41) is 12.5. The van der Waals surface area contributed by atoms with Gasteiger partial charge in [-0.05, 0) is 43.7 Å². The van der Waals surface area contributed by atoms with Gasteiger partial charge in [0.2, 0.25) is 5.95 Å². The molecule has 118 valence electrons. The van der Waals surface area contributed by atoms with Crippen LogP contribution in [0.1, 0.15) is 36.8 Å². The Balaban J connectivity index is 1.57. The molecule has 1 aliphatic rings. The van der Waals surface area contributed by atoms with Gasteiger partial charge in [0.15, 0.2) is 0 Å². The van der Waals surface area contributed by atoms with Crippen LogP contribution in [0.2, 0.25) is 0 Å². The van der Waals surface area contributed by atoms with Crippen molar-refractivity contribution in [3.05, 3.63) is 53.9 Å². The molecule has 4 nitrogen and oxygen atoms in total. The molecule has 4 heteroatoms. The molecule has 0 amide bonds. The Morgan fingerprint density at radius 1 is 0.957 bits per heavy atom. The molecule has 0 atom stereocenters. The van der Waals surface area contributed by atoms with Crippen molar-refractivity contribution >= 4 is 5.95 Å². The van der Waals surface area contributed by atoms with E-state index in [1.807, 2.05) is 30.3 Å². The number of benzene rings is 1. The Bertz CT molecular complexity index is 665. The predicted molar refractivity (Wildman–Crippen MR) is 90.9 cm³/mol. The van der Waals surface area contributed by atoms with Crippen molar-refractivity contribution in [3.8, 4) is 11.8 Å². The molecule has 0 spiro atoms.